The van der Waals surface area contributed by atoms with Crippen LogP contribution >= 0.6 is 0 Å². The first kappa shape index (κ1) is 9.32. The van der Waals surface area contributed by atoms with Gasteiger partial charge in [-0.2, -0.15) is 0 Å². The van der Waals surface area contributed by atoms with E-state index >= 15 is 0 Å². The van der Waals surface area contributed by atoms with Crippen molar-refractivity contribution in [2.24, 2.45) is 5.41 Å². The van der Waals surface area contributed by atoms with Gasteiger partial charge in [-0.05, 0) is 19.8 Å². The summed E-state index contributed by atoms with van der Waals surface area (Å²) < 4.78 is 0. The fourth-order valence-corrected chi connectivity index (χ4v) is 1.90. The number of hydrogen-bond donors (Lipinski definition) is 0. The first-order valence-electron chi connectivity index (χ1n) is 4.53. The zero-order valence-corrected chi connectivity index (χ0v) is 8.52. The Labute approximate surface area is 75.3 Å². The minimum atomic E-state index is -0.161. The Hall–Kier alpha value is -0.770. The lowest BCUT2D eigenvalue weighted by atomic mass is 9.64. The van der Waals surface area contributed by atoms with E-state index in [0.29, 0.717) is 0 Å². The van der Waals surface area contributed by atoms with Crippen molar-refractivity contribution in [2.45, 2.75) is 46.1 Å². The highest BCUT2D eigenvalue weighted by atomic mass is 14.8. The molecule has 0 aromatic rings. The maximum Gasteiger partial charge on any atom is 0.303 e. The molecule has 0 radical (unpaired) electrons. The zero-order chi connectivity index (χ0) is 9.41. The Morgan fingerprint density at radius 2 is 2.00 bits per heavy atom. The van der Waals surface area contributed by atoms with Gasteiger partial charge in [0.2, 0.25) is 0 Å². The maximum absolute atomic E-state index is 5.49. The van der Waals surface area contributed by atoms with Gasteiger partial charge in [-0.3, -0.25) is 0 Å². The second kappa shape index (κ2) is 2.62. The Balaban J connectivity index is 3.15. The molecule has 0 spiro atoms. The van der Waals surface area contributed by atoms with Crippen LogP contribution < -0.4 is 0 Å². The molecule has 0 heterocycles. The van der Waals surface area contributed by atoms with Gasteiger partial charge in [0, 0.05) is 12.5 Å². The van der Waals surface area contributed by atoms with Crippen LogP contribution in [0.1, 0.15) is 40.5 Å². The van der Waals surface area contributed by atoms with Crippen molar-refractivity contribution >= 4 is 0 Å². The second-order valence-electron chi connectivity index (χ2n) is 4.51. The van der Waals surface area contributed by atoms with Crippen molar-refractivity contribution in [1.82, 2.24) is 0 Å². The van der Waals surface area contributed by atoms with E-state index in [1.54, 1.807) is 0 Å². The first-order valence-corrected chi connectivity index (χ1v) is 4.53. The van der Waals surface area contributed by atoms with E-state index in [1.807, 2.05) is 0 Å². The summed E-state index contributed by atoms with van der Waals surface area (Å²) in [5.74, 6) is 0. The lowest BCUT2D eigenvalue weighted by Gasteiger charge is -2.35. The number of hydrogen-bond acceptors (Lipinski definition) is 0. The minimum Gasteiger partial charge on any atom is -0.0774 e. The van der Waals surface area contributed by atoms with Gasteiger partial charge in [0.15, 0.2) is 0 Å². The Morgan fingerprint density at radius 1 is 1.42 bits per heavy atom. The Kier molecular flexibility index (Phi) is 2.04. The van der Waals surface area contributed by atoms with Crippen molar-refractivity contribution in [2.75, 3.05) is 0 Å². The van der Waals surface area contributed by atoms with Crippen LogP contribution in [0.2, 0.25) is 0 Å². The third-order valence-corrected chi connectivity index (χ3v) is 3.56. The van der Waals surface area contributed by atoms with E-state index in [2.05, 4.69) is 38.6 Å². The quantitative estimate of drug-likeness (QED) is 0.483. The number of nitrogens with zero attached hydrogens (tertiary/aromatic N) is 1. The van der Waals surface area contributed by atoms with Crippen LogP contribution in [-0.4, -0.2) is 5.54 Å². The normalized spacial score (nSPS) is 33.8. The largest absolute Gasteiger partial charge is 0.303 e. The van der Waals surface area contributed by atoms with Gasteiger partial charge in [-0.15, -0.1) is 0 Å². The summed E-state index contributed by atoms with van der Waals surface area (Å²) >= 11 is 0. The molecule has 0 aromatic carbocycles. The monoisotopic (exact) mass is 164 g/mol. The van der Waals surface area contributed by atoms with Gasteiger partial charge in [0.25, 0.3) is 6.57 Å². The molecule has 1 aliphatic carbocycles. The SMILES string of the molecule is C#[N+][C@]1(C)C(C)=CCCC1(C)C. The molecule has 0 aliphatic heterocycles. The highest BCUT2D eigenvalue weighted by molar-refractivity contribution is 5.30. The van der Waals surface area contributed by atoms with Crippen LogP contribution in [0.15, 0.2) is 11.6 Å². The van der Waals surface area contributed by atoms with Crippen molar-refractivity contribution in [1.29, 1.82) is 0 Å². The molecule has 1 atom stereocenters. The highest BCUT2D eigenvalue weighted by Crippen LogP contribution is 2.46. The lowest BCUT2D eigenvalue weighted by Crippen LogP contribution is -2.42. The highest BCUT2D eigenvalue weighted by Gasteiger charge is 2.53. The van der Waals surface area contributed by atoms with E-state index in [1.165, 1.54) is 12.0 Å². The van der Waals surface area contributed by atoms with Gasteiger partial charge in [0.05, 0.1) is 5.41 Å². The van der Waals surface area contributed by atoms with Crippen molar-refractivity contribution < 1.29 is 0 Å². The molecule has 1 heteroatoms. The van der Waals surface area contributed by atoms with Crippen molar-refractivity contribution in [3.05, 3.63) is 16.5 Å². The van der Waals surface area contributed by atoms with E-state index in [9.17, 15) is 0 Å². The van der Waals surface area contributed by atoms with Crippen LogP contribution in [0.4, 0.5) is 0 Å². The van der Waals surface area contributed by atoms with Gasteiger partial charge < -0.3 is 0 Å². The number of allylic oxidation sites excluding steroid dienone is 1. The topological polar surface area (TPSA) is 4.36 Å². The average Bonchev–Trinajstić information content (AvgIpc) is 2.00. The summed E-state index contributed by atoms with van der Waals surface area (Å²) in [5, 5.41) is 0. The molecule has 0 N–H and O–H groups in total. The molecule has 0 saturated heterocycles. The fraction of sp³-hybridized carbons (Fsp3) is 0.727. The molecule has 0 bridgehead atoms. The molecule has 1 aliphatic rings. The van der Waals surface area contributed by atoms with Gasteiger partial charge >= 0.3 is 5.54 Å². The van der Waals surface area contributed by atoms with Crippen LogP contribution in [0.25, 0.3) is 4.85 Å². The summed E-state index contributed by atoms with van der Waals surface area (Å²) in [4.78, 5) is 4.04. The van der Waals surface area contributed by atoms with Gasteiger partial charge in [-0.25, -0.2) is 0 Å². The Morgan fingerprint density at radius 3 is 2.33 bits per heavy atom. The standard InChI is InChI=1S/C11H18N/c1-9-7-6-8-10(2,3)11(9,4)12-5/h5,7H,6,8H2,1-4H3/q+1/t11-/m1/s1. The van der Waals surface area contributed by atoms with Crippen LogP contribution in [0, 0.1) is 12.0 Å². The molecule has 1 nitrogen and oxygen atoms in total. The molecular weight excluding hydrogens is 146 g/mol. The predicted octanol–water partition coefficient (Wildman–Crippen LogP) is 3.47. The van der Waals surface area contributed by atoms with Gasteiger partial charge in [0.1, 0.15) is 0 Å². The molecule has 0 fully saturated rings. The molecule has 12 heavy (non-hydrogen) atoms. The Bertz CT molecular complexity index is 255. The van der Waals surface area contributed by atoms with Crippen LogP contribution in [-0.2, 0) is 0 Å². The molecule has 66 valence electrons. The predicted molar refractivity (Wildman–Crippen MR) is 53.5 cm³/mol. The summed E-state index contributed by atoms with van der Waals surface area (Å²) in [6.07, 6.45) is 4.58. The third-order valence-electron chi connectivity index (χ3n) is 3.56. The smallest absolute Gasteiger partial charge is 0.0774 e. The molecule has 0 aromatic heterocycles. The van der Waals surface area contributed by atoms with E-state index in [4.69, 9.17) is 6.57 Å². The summed E-state index contributed by atoms with van der Waals surface area (Å²) in [5.41, 5.74) is 1.34. The van der Waals surface area contributed by atoms with Crippen molar-refractivity contribution in [3.63, 3.8) is 0 Å². The molecule has 0 unspecified atom stereocenters. The zero-order valence-electron chi connectivity index (χ0n) is 8.52. The van der Waals surface area contributed by atoms with Gasteiger partial charge in [-0.1, -0.05) is 24.8 Å². The third kappa shape index (κ3) is 1.06. The average molecular weight is 164 g/mol. The van der Waals surface area contributed by atoms with E-state index in [-0.39, 0.29) is 11.0 Å². The first-order chi connectivity index (χ1) is 5.44. The fourth-order valence-electron chi connectivity index (χ4n) is 1.90. The van der Waals surface area contributed by atoms with Crippen LogP contribution in [0.5, 0.6) is 0 Å². The van der Waals surface area contributed by atoms with E-state index in [0.717, 1.165) is 6.42 Å². The van der Waals surface area contributed by atoms with Crippen LogP contribution in [0.3, 0.4) is 0 Å². The lowest BCUT2D eigenvalue weighted by molar-refractivity contribution is 0.225. The molecule has 0 saturated carbocycles. The second-order valence-corrected chi connectivity index (χ2v) is 4.51. The summed E-state index contributed by atoms with van der Waals surface area (Å²) in [6.45, 7) is 14.2. The maximum atomic E-state index is 5.49. The molecule has 0 amide bonds. The summed E-state index contributed by atoms with van der Waals surface area (Å²) in [7, 11) is 0. The van der Waals surface area contributed by atoms with E-state index < -0.39 is 0 Å². The molecule has 1 rings (SSSR count). The van der Waals surface area contributed by atoms with Crippen molar-refractivity contribution in [3.8, 4) is 6.57 Å². The molecular formula is C11H18N+. The minimum absolute atomic E-state index is 0.161. The summed E-state index contributed by atoms with van der Waals surface area (Å²) in [6, 6.07) is 0. The number of rotatable bonds is 0.